The summed E-state index contributed by atoms with van der Waals surface area (Å²) in [6.07, 6.45) is 0. The summed E-state index contributed by atoms with van der Waals surface area (Å²) in [5, 5.41) is 73.5. The van der Waals surface area contributed by atoms with Crippen molar-refractivity contribution < 1.29 is 138 Å². The van der Waals surface area contributed by atoms with E-state index in [1.807, 2.05) is 44.2 Å². The van der Waals surface area contributed by atoms with Crippen molar-refractivity contribution in [1.82, 2.24) is 5.16 Å². The topological polar surface area (TPSA) is 402 Å². The molecule has 7 aromatic rings. The van der Waals surface area contributed by atoms with E-state index in [1.54, 1.807) is 102 Å². The second kappa shape index (κ2) is 55.1. The molecule has 0 amide bonds. The van der Waals surface area contributed by atoms with Crippen LogP contribution < -0.4 is 78.0 Å². The summed E-state index contributed by atoms with van der Waals surface area (Å²) >= 11 is 4.14. The van der Waals surface area contributed by atoms with Gasteiger partial charge in [0.15, 0.2) is 17.2 Å². The maximum atomic E-state index is 12.4. The van der Waals surface area contributed by atoms with Crippen molar-refractivity contribution in [2.45, 2.75) is 100 Å². The Morgan fingerprint density at radius 3 is 1.46 bits per heavy atom. The number of para-hydroxylation sites is 3. The minimum atomic E-state index is -4.47. The van der Waals surface area contributed by atoms with Crippen LogP contribution in [0.1, 0.15) is 103 Å². The van der Waals surface area contributed by atoms with Crippen LogP contribution in [0.15, 0.2) is 158 Å². The molecule has 7 rings (SSSR count). The number of alkyl halides is 1. The van der Waals surface area contributed by atoms with Crippen LogP contribution in [0.25, 0.3) is 21.7 Å². The summed E-state index contributed by atoms with van der Waals surface area (Å²) in [4.78, 5) is 4.23. The average molecular weight is 1360 g/mol. The van der Waals surface area contributed by atoms with Crippen LogP contribution in [0.2, 0.25) is 0 Å². The predicted octanol–water partition coefficient (Wildman–Crippen LogP) is 9.13. The number of fused-ring (bicyclic) bond motifs is 2. The first kappa shape index (κ1) is 97.3. The largest absolute Gasteiger partial charge is 1.00 e. The number of hydrogen-bond acceptors (Lipinski definition) is 18. The van der Waals surface area contributed by atoms with E-state index in [9.17, 15) is 30.7 Å². The van der Waals surface area contributed by atoms with E-state index in [-0.39, 0.29) is 143 Å². The Balaban J connectivity index is -0.0000000959. The smallest absolute Gasteiger partial charge is 0.850 e. The first-order chi connectivity index (χ1) is 36.5. The first-order valence-corrected chi connectivity index (χ1v) is 24.8. The summed E-state index contributed by atoms with van der Waals surface area (Å²) in [6.45, 7) is 13.9. The van der Waals surface area contributed by atoms with Crippen LogP contribution in [-0.2, 0) is 40.7 Å². The minimum Gasteiger partial charge on any atom is -0.850 e. The van der Waals surface area contributed by atoms with E-state index in [1.165, 1.54) is 42.5 Å². The summed E-state index contributed by atoms with van der Waals surface area (Å²) in [5.41, 5.74) is 13.1. The third kappa shape index (κ3) is 44.7. The predicted molar refractivity (Wildman–Crippen MR) is 326 cm³/mol. The molecule has 468 valence electrons. The van der Waals surface area contributed by atoms with Gasteiger partial charge in [-0.1, -0.05) is 139 Å². The fraction of sp³-hybridized carbons (Fsp3) is 0.268. The summed E-state index contributed by atoms with van der Waals surface area (Å²) < 4.78 is 95.4. The van der Waals surface area contributed by atoms with Gasteiger partial charge in [-0.25, -0.2) is 9.64 Å². The number of nitrogen functional groups attached to an aromatic ring is 2. The van der Waals surface area contributed by atoms with Gasteiger partial charge in [-0.15, -0.1) is 5.60 Å². The summed E-state index contributed by atoms with van der Waals surface area (Å²) in [7, 11) is -9.94. The van der Waals surface area contributed by atoms with E-state index < -0.39 is 48.6 Å². The third-order valence-electron chi connectivity index (χ3n) is 7.53. The molecule has 1 aromatic heterocycles. The number of benzene rings is 6. The van der Waals surface area contributed by atoms with Crippen LogP contribution in [0.4, 0.5) is 14.6 Å². The Hall–Kier alpha value is -5.81. The Labute approximate surface area is 558 Å². The van der Waals surface area contributed by atoms with Gasteiger partial charge in [-0.3, -0.25) is 18.9 Å². The average Bonchev–Trinajstić information content (AvgIpc) is 3.76. The number of halogens is 3. The molecular formula is C56H82ClF2KN9O12PdS2-. The number of anilines is 1. The second-order valence-electron chi connectivity index (χ2n) is 15.4. The molecule has 0 saturated heterocycles. The molecule has 0 radical (unpaired) electrons. The van der Waals surface area contributed by atoms with Crippen molar-refractivity contribution in [3.05, 3.63) is 163 Å². The number of hydrogen-bond donors (Lipinski definition) is 9. The molecule has 0 aliphatic heterocycles. The van der Waals surface area contributed by atoms with Gasteiger partial charge in [0.25, 0.3) is 20.2 Å². The van der Waals surface area contributed by atoms with Crippen LogP contribution in [-0.4, -0.2) is 83.1 Å². The molecule has 0 aliphatic rings. The zero-order valence-electron chi connectivity index (χ0n) is 46.4. The maximum Gasteiger partial charge on any atom is 1.00 e. The number of phenolic OH excluding ortho intramolecular Hbond substituents is 1. The number of phenols is 1. The van der Waals surface area contributed by atoms with Gasteiger partial charge in [0.1, 0.15) is 39.3 Å². The number of aromatic nitrogens is 1. The minimum absolute atomic E-state index is 0. The van der Waals surface area contributed by atoms with Crippen molar-refractivity contribution >= 4 is 76.8 Å². The summed E-state index contributed by atoms with van der Waals surface area (Å²) in [6, 6.07) is 38.1. The van der Waals surface area contributed by atoms with Crippen LogP contribution in [0.5, 0.6) is 11.5 Å². The number of nitrogens with one attached hydrogen (secondary N) is 1. The molecule has 0 unspecified atom stereocenters. The Kier molecular flexibility index (Phi) is 63.8. The van der Waals surface area contributed by atoms with Gasteiger partial charge in [0.2, 0.25) is 0 Å². The Bertz CT molecular complexity index is 3190. The monoisotopic (exact) mass is 1360 g/mol. The molecule has 84 heavy (non-hydrogen) atoms. The number of aromatic hydroxyl groups is 1. The number of rotatable bonds is 5. The molecule has 0 aliphatic carbocycles. The van der Waals surface area contributed by atoms with E-state index in [0.717, 1.165) is 28.8 Å². The van der Waals surface area contributed by atoms with Crippen LogP contribution >= 0.6 is 11.8 Å². The van der Waals surface area contributed by atoms with Crippen molar-refractivity contribution in [3.8, 4) is 23.6 Å². The second-order valence-corrected chi connectivity index (χ2v) is 18.1. The van der Waals surface area contributed by atoms with Gasteiger partial charge < -0.3 is 48.8 Å². The molecule has 12 N–H and O–H groups in total. The summed E-state index contributed by atoms with van der Waals surface area (Å²) in [5.74, 6) is 0.426. The number of aliphatic hydroxyl groups is 1. The Morgan fingerprint density at radius 1 is 0.774 bits per heavy atom. The quantitative estimate of drug-likeness (QED) is 0.0113. The van der Waals surface area contributed by atoms with Gasteiger partial charge in [0.05, 0.1) is 42.0 Å². The SMILES string of the molecule is C.C.C.C.CC(C)(C)[O-].CC(C)=NO.CC(C)=NOc1ccccc1C#N.CCO.N#Cc1ccccc1F.N=C(N)c1ccccc1O.NCl.Nc1noc2ccccc12.O=S(=O)(O)c1cccc2c(S(=O)(=O)O)cccc12.[2H]CF.[CH3-].[K+].[Pd]. The zero-order chi connectivity index (χ0) is 60.7. The van der Waals surface area contributed by atoms with Crippen molar-refractivity contribution in [2.24, 2.45) is 21.3 Å². The molecule has 0 bridgehead atoms. The fourth-order valence-electron chi connectivity index (χ4n) is 4.64. The zero-order valence-corrected chi connectivity index (χ0v) is 52.5. The first-order valence-electron chi connectivity index (χ1n) is 22.2. The number of nitriles is 2. The molecule has 28 heteroatoms. The standard InChI is InChI=1S/C10H10N2O.C10H8O6S2.C7H4FN.C7H6N2O.C7H8N2O.C4H9O.C3H7NO.C2H6O.CH3F.4CH4.CH3.ClH2N.K.Pd/c1-8(2)12-13-10-6-4-3-5-9(10)7-11;11-17(12,13)9-5-1-3-7-8(9)4-2-6-10(7)18(14,15)16;8-7-4-2-1-3-6(7)5-9;8-7-5-3-1-2-4-6(5)10-9-7;8-7(9)5-3-1-2-4-6(5)10;1-4(2,3)5;1-3(2)4-5;1-2-3;1-2;;;;;;1-2;;/h3-6H,1-2H3;1-6H,(H,11,12,13)(H,14,15,16);1-4H;1-4H,(H2,8,9);1-4,10H,(H3,8,9);1-3H3;5H,1-2H3;3H,2H2,1H3;1H3;4*1H4;1H3;2H2;;/q;;;;;-1;;;;;;;;-1;;+1;/i;;;;;;;;1D;;;;;;;;. The van der Waals surface area contributed by atoms with Crippen molar-refractivity contribution in [1.29, 1.82) is 15.9 Å². The number of oxime groups is 2. The Morgan fingerprint density at radius 2 is 1.13 bits per heavy atom. The molecule has 6 aromatic carbocycles. The molecule has 0 saturated carbocycles. The van der Waals surface area contributed by atoms with Crippen LogP contribution in [0, 0.1) is 41.3 Å². The van der Waals surface area contributed by atoms with Crippen LogP contribution in [0.3, 0.4) is 0 Å². The maximum absolute atomic E-state index is 12.4. The number of aliphatic hydroxyl groups excluding tert-OH is 1. The van der Waals surface area contributed by atoms with E-state index in [4.69, 9.17) is 62.7 Å². The molecular weight excluding hydrogens is 1270 g/mol. The molecule has 0 spiro atoms. The molecule has 0 atom stereocenters. The van der Waals surface area contributed by atoms with E-state index in [0.29, 0.717) is 28.4 Å². The van der Waals surface area contributed by atoms with E-state index in [2.05, 4.69) is 32.5 Å². The van der Waals surface area contributed by atoms with Crippen molar-refractivity contribution in [2.75, 3.05) is 19.5 Å². The third-order valence-corrected chi connectivity index (χ3v) is 9.35. The number of amidine groups is 1. The number of nitrogens with zero attached hydrogens (tertiary/aromatic N) is 5. The van der Waals surface area contributed by atoms with Crippen molar-refractivity contribution in [3.63, 3.8) is 0 Å². The molecule has 1 heterocycles. The van der Waals surface area contributed by atoms with Gasteiger partial charge in [-0.05, 0) is 107 Å². The van der Waals surface area contributed by atoms with Gasteiger partial charge in [0, 0.05) is 37.8 Å². The molecule has 21 nitrogen and oxygen atoms in total. The normalized spacial score (nSPS) is 8.95. The molecule has 0 fully saturated rings. The van der Waals surface area contributed by atoms with E-state index >= 15 is 0 Å². The fourth-order valence-corrected chi connectivity index (χ4v) is 6.05. The van der Waals surface area contributed by atoms with Gasteiger partial charge in [-0.2, -0.15) is 27.4 Å². The van der Waals surface area contributed by atoms with Gasteiger partial charge >= 0.3 is 51.4 Å². The number of nitrogens with two attached hydrogens (primary N) is 3.